The lowest BCUT2D eigenvalue weighted by atomic mass is 9.55. The number of hydrogen-bond acceptors (Lipinski definition) is 4. The number of fused-ring (bicyclic) bond motifs is 1. The maximum absolute atomic E-state index is 13.4. The fourth-order valence-electron chi connectivity index (χ4n) is 7.73. The lowest BCUT2D eigenvalue weighted by molar-refractivity contribution is -0.343. The van der Waals surface area contributed by atoms with Gasteiger partial charge < -0.3 is 20.4 Å². The second-order valence-electron chi connectivity index (χ2n) is 13.1. The van der Waals surface area contributed by atoms with Crippen LogP contribution in [-0.4, -0.2) is 56.2 Å². The minimum absolute atomic E-state index is 0.0252. The Labute approximate surface area is 253 Å². The normalized spacial score (nSPS) is 34.5. The SMILES string of the molecule is [2H]C([2H])([2H])C(O)(CCC[C@](C)(CC#CC(O)(C(F)(F)F)C(F)(F)F)[C@H]1CCC2C(=CC=C3C[C@@H](O)C[C@H](O)C3)CCC[C@@]21C)C([2H])([2H])[2H]. The minimum Gasteiger partial charge on any atom is -0.393 e. The van der Waals surface area contributed by atoms with Gasteiger partial charge in [-0.15, -0.1) is 0 Å². The number of allylic oxidation sites excluding steroid dienone is 3. The number of aliphatic hydroxyl groups excluding tert-OH is 2. The van der Waals surface area contributed by atoms with Gasteiger partial charge in [-0.05, 0) is 106 Å². The number of alkyl halides is 6. The van der Waals surface area contributed by atoms with Crippen molar-refractivity contribution in [3.8, 4) is 11.8 Å². The van der Waals surface area contributed by atoms with Crippen molar-refractivity contribution in [2.75, 3.05) is 0 Å². The molecule has 0 aromatic heterocycles. The first-order chi connectivity index (χ1) is 21.6. The van der Waals surface area contributed by atoms with Crippen LogP contribution < -0.4 is 0 Å². The average molecular weight is 615 g/mol. The first kappa shape index (κ1) is 26.8. The second kappa shape index (κ2) is 12.5. The smallest absolute Gasteiger partial charge is 0.393 e. The Morgan fingerprint density at radius 3 is 2.17 bits per heavy atom. The van der Waals surface area contributed by atoms with Crippen LogP contribution in [0.2, 0.25) is 0 Å². The van der Waals surface area contributed by atoms with Crippen LogP contribution >= 0.6 is 0 Å². The van der Waals surface area contributed by atoms with E-state index in [-0.39, 0.29) is 31.1 Å². The molecule has 4 N–H and O–H groups in total. The monoisotopic (exact) mass is 614 g/mol. The van der Waals surface area contributed by atoms with Crippen LogP contribution in [0.5, 0.6) is 0 Å². The molecule has 3 rings (SSSR count). The first-order valence-electron chi connectivity index (χ1n) is 17.4. The van der Waals surface area contributed by atoms with E-state index in [4.69, 9.17) is 8.22 Å². The second-order valence-corrected chi connectivity index (χ2v) is 13.1. The standard InChI is InChI=1S/C32H46F6O4/c1-27(2,41)13-6-14-28(3,15-7-17-30(42,31(33,34)35)32(36,37)38)26-12-11-25-22(8-5-16-29(25,26)4)10-9-21-18-23(39)20-24(40)19-21/h9-10,23-26,39-42H,5-6,8,11-16,18-20H2,1-4H3/t23-,24-,25?,26-,28-,29+/m1/s1/i1D3,2D3. The molecule has 1 unspecified atom stereocenters. The molecule has 4 nitrogen and oxygen atoms in total. The number of rotatable bonds is 7. The Kier molecular flexibility index (Phi) is 7.95. The van der Waals surface area contributed by atoms with E-state index in [1.165, 1.54) is 0 Å². The zero-order valence-electron chi connectivity index (χ0n) is 30.0. The molecule has 3 saturated carbocycles. The molecule has 0 aromatic rings. The molecular weight excluding hydrogens is 562 g/mol. The molecule has 10 heteroatoms. The van der Waals surface area contributed by atoms with Gasteiger partial charge in [-0.3, -0.25) is 0 Å². The molecule has 0 aliphatic heterocycles. The molecule has 0 heterocycles. The van der Waals surface area contributed by atoms with Crippen LogP contribution in [0.15, 0.2) is 23.3 Å². The average Bonchev–Trinajstić information content (AvgIpc) is 3.27. The molecule has 240 valence electrons. The van der Waals surface area contributed by atoms with Gasteiger partial charge in [-0.2, -0.15) is 26.3 Å². The van der Waals surface area contributed by atoms with Crippen LogP contribution in [0.3, 0.4) is 0 Å². The fourth-order valence-corrected chi connectivity index (χ4v) is 7.73. The van der Waals surface area contributed by atoms with E-state index < -0.39 is 73.1 Å². The highest BCUT2D eigenvalue weighted by atomic mass is 19.4. The third-order valence-corrected chi connectivity index (χ3v) is 9.75. The van der Waals surface area contributed by atoms with Gasteiger partial charge in [-0.25, -0.2) is 0 Å². The predicted octanol–water partition coefficient (Wildman–Crippen LogP) is 7.16. The summed E-state index contributed by atoms with van der Waals surface area (Å²) >= 11 is 0. The Hall–Kier alpha value is -1.54. The molecule has 3 aliphatic carbocycles. The number of halogens is 6. The highest BCUT2D eigenvalue weighted by Crippen LogP contribution is 2.63. The Morgan fingerprint density at radius 1 is 0.976 bits per heavy atom. The van der Waals surface area contributed by atoms with Gasteiger partial charge in [0.2, 0.25) is 0 Å². The zero-order chi connectivity index (χ0) is 36.8. The van der Waals surface area contributed by atoms with E-state index in [1.54, 1.807) is 6.92 Å². The van der Waals surface area contributed by atoms with Crippen molar-refractivity contribution in [2.24, 2.45) is 22.7 Å². The molecule has 0 saturated heterocycles. The van der Waals surface area contributed by atoms with Crippen molar-refractivity contribution < 1.29 is 55.0 Å². The van der Waals surface area contributed by atoms with E-state index in [0.29, 0.717) is 32.1 Å². The summed E-state index contributed by atoms with van der Waals surface area (Å²) in [6.07, 6.45) is -6.93. The molecule has 6 atom stereocenters. The summed E-state index contributed by atoms with van der Waals surface area (Å²) in [7, 11) is 0. The topological polar surface area (TPSA) is 80.9 Å². The Morgan fingerprint density at radius 2 is 1.60 bits per heavy atom. The van der Waals surface area contributed by atoms with Crippen LogP contribution in [0, 0.1) is 34.5 Å². The quantitative estimate of drug-likeness (QED) is 0.181. The summed E-state index contributed by atoms with van der Waals surface area (Å²) in [4.78, 5) is 0. The summed E-state index contributed by atoms with van der Waals surface area (Å²) < 4.78 is 126. The molecule has 3 aliphatic rings. The summed E-state index contributed by atoms with van der Waals surface area (Å²) in [6.45, 7) is -3.00. The van der Waals surface area contributed by atoms with Crippen molar-refractivity contribution in [1.29, 1.82) is 0 Å². The molecular formula is C32H46F6O4. The van der Waals surface area contributed by atoms with Crippen LogP contribution in [0.25, 0.3) is 0 Å². The van der Waals surface area contributed by atoms with Gasteiger partial charge in [0.15, 0.2) is 0 Å². The molecule has 42 heavy (non-hydrogen) atoms. The van der Waals surface area contributed by atoms with Crippen LogP contribution in [0.1, 0.15) is 113 Å². The fraction of sp³-hybridized carbons (Fsp3) is 0.812. The Balaban J connectivity index is 2.01. The van der Waals surface area contributed by atoms with E-state index >= 15 is 0 Å². The van der Waals surface area contributed by atoms with Crippen molar-refractivity contribution >= 4 is 0 Å². The summed E-state index contributed by atoms with van der Waals surface area (Å²) in [6, 6.07) is 0. The lowest BCUT2D eigenvalue weighted by Crippen LogP contribution is -2.55. The van der Waals surface area contributed by atoms with E-state index in [0.717, 1.165) is 29.9 Å². The third kappa shape index (κ3) is 7.75. The lowest BCUT2D eigenvalue weighted by Gasteiger charge is -2.49. The number of aliphatic hydroxyl groups is 4. The minimum atomic E-state index is -6.14. The van der Waals surface area contributed by atoms with Gasteiger partial charge >= 0.3 is 18.0 Å². The largest absolute Gasteiger partial charge is 0.438 e. The number of hydrogen-bond donors (Lipinski definition) is 4. The molecule has 0 radical (unpaired) electrons. The maximum Gasteiger partial charge on any atom is 0.438 e. The van der Waals surface area contributed by atoms with E-state index in [2.05, 4.69) is 0 Å². The predicted molar refractivity (Wildman–Crippen MR) is 148 cm³/mol. The van der Waals surface area contributed by atoms with Gasteiger partial charge in [0.05, 0.1) is 17.8 Å². The van der Waals surface area contributed by atoms with Gasteiger partial charge in [-0.1, -0.05) is 49.5 Å². The van der Waals surface area contributed by atoms with E-state index in [1.807, 2.05) is 25.0 Å². The molecule has 0 amide bonds. The van der Waals surface area contributed by atoms with Crippen molar-refractivity contribution in [1.82, 2.24) is 0 Å². The first-order valence-corrected chi connectivity index (χ1v) is 14.4. The molecule has 0 spiro atoms. The molecule has 0 aromatic carbocycles. The zero-order valence-corrected chi connectivity index (χ0v) is 24.0. The van der Waals surface area contributed by atoms with Crippen molar-refractivity contribution in [3.05, 3.63) is 23.3 Å². The third-order valence-electron chi connectivity index (χ3n) is 9.75. The summed E-state index contributed by atoms with van der Waals surface area (Å²) in [5, 5.41) is 40.6. The van der Waals surface area contributed by atoms with Gasteiger partial charge in [0, 0.05) is 14.6 Å². The van der Waals surface area contributed by atoms with Crippen molar-refractivity contribution in [2.45, 2.75) is 140 Å². The van der Waals surface area contributed by atoms with Crippen LogP contribution in [-0.2, 0) is 0 Å². The highest BCUT2D eigenvalue weighted by molar-refractivity contribution is 5.27. The highest BCUT2D eigenvalue weighted by Gasteiger charge is 2.70. The van der Waals surface area contributed by atoms with Crippen LogP contribution in [0.4, 0.5) is 26.3 Å². The van der Waals surface area contributed by atoms with Gasteiger partial charge in [0.25, 0.3) is 0 Å². The van der Waals surface area contributed by atoms with Crippen molar-refractivity contribution in [3.63, 3.8) is 0 Å². The molecule has 0 bridgehead atoms. The maximum atomic E-state index is 13.4. The summed E-state index contributed by atoms with van der Waals surface area (Å²) in [5.41, 5.74) is -8.09. The molecule has 3 fully saturated rings. The Bertz CT molecular complexity index is 1240. The summed E-state index contributed by atoms with van der Waals surface area (Å²) in [5.74, 6) is 2.61. The van der Waals surface area contributed by atoms with E-state index in [9.17, 15) is 46.8 Å². The van der Waals surface area contributed by atoms with Gasteiger partial charge in [0.1, 0.15) is 0 Å².